The molecule has 0 bridgehead atoms. The highest BCUT2D eigenvalue weighted by Gasteiger charge is 1.97. The highest BCUT2D eigenvalue weighted by molar-refractivity contribution is 6.18. The van der Waals surface area contributed by atoms with Crippen LogP contribution in [0.2, 0.25) is 0 Å². The van der Waals surface area contributed by atoms with Crippen LogP contribution in [0, 0.1) is 0 Å². The number of carbonyl (C=O) groups excluding carboxylic acids is 1. The number of carbonyl (C=O) groups is 1. The van der Waals surface area contributed by atoms with Crippen LogP contribution >= 0.6 is 11.6 Å². The van der Waals surface area contributed by atoms with Crippen molar-refractivity contribution in [3.8, 4) is 5.75 Å². The number of amides is 2. The van der Waals surface area contributed by atoms with Crippen molar-refractivity contribution in [3.05, 3.63) is 36.0 Å². The lowest BCUT2D eigenvalue weighted by Crippen LogP contribution is -2.33. The Morgan fingerprint density at radius 2 is 2.24 bits per heavy atom. The molecule has 0 aliphatic heterocycles. The van der Waals surface area contributed by atoms with Crippen molar-refractivity contribution in [2.75, 3.05) is 19.5 Å². The van der Waals surface area contributed by atoms with Crippen LogP contribution in [0.1, 0.15) is 5.56 Å². The van der Waals surface area contributed by atoms with Gasteiger partial charge in [-0.2, -0.15) is 0 Å². The van der Waals surface area contributed by atoms with Crippen LogP contribution in [-0.2, 0) is 0 Å². The van der Waals surface area contributed by atoms with Crippen LogP contribution in [0.25, 0.3) is 6.08 Å². The number of methoxy groups -OCH3 is 1. The topological polar surface area (TPSA) is 50.4 Å². The van der Waals surface area contributed by atoms with Crippen molar-refractivity contribution in [2.45, 2.75) is 0 Å². The molecule has 1 rings (SSSR count). The van der Waals surface area contributed by atoms with Gasteiger partial charge in [-0.15, -0.1) is 11.6 Å². The average molecular weight is 255 g/mol. The first-order valence-corrected chi connectivity index (χ1v) is 5.71. The first-order chi connectivity index (χ1) is 8.27. The Hall–Kier alpha value is -1.68. The second-order valence-electron chi connectivity index (χ2n) is 3.16. The highest BCUT2D eigenvalue weighted by Crippen LogP contribution is 2.17. The number of urea groups is 1. The predicted octanol–water partition coefficient (Wildman–Crippen LogP) is 2.20. The first-order valence-electron chi connectivity index (χ1n) is 5.18. The summed E-state index contributed by atoms with van der Waals surface area (Å²) >= 11 is 5.44. The minimum Gasteiger partial charge on any atom is -0.496 e. The standard InChI is InChI=1S/C12H15ClN2O2/c1-17-11-5-3-2-4-10(11)6-8-14-12(16)15-9-7-13/h2-6,8H,7,9H2,1H3,(H2,14,15,16)/b8-6+. The van der Waals surface area contributed by atoms with Crippen LogP contribution in [0.3, 0.4) is 0 Å². The second kappa shape index (κ2) is 7.57. The van der Waals surface area contributed by atoms with E-state index in [1.807, 2.05) is 24.3 Å². The molecule has 2 N–H and O–H groups in total. The smallest absolute Gasteiger partial charge is 0.318 e. The van der Waals surface area contributed by atoms with Crippen molar-refractivity contribution in [3.63, 3.8) is 0 Å². The highest BCUT2D eigenvalue weighted by atomic mass is 35.5. The zero-order valence-corrected chi connectivity index (χ0v) is 10.3. The van der Waals surface area contributed by atoms with Gasteiger partial charge >= 0.3 is 6.03 Å². The Morgan fingerprint density at radius 3 is 2.94 bits per heavy atom. The van der Waals surface area contributed by atoms with Crippen LogP contribution < -0.4 is 15.4 Å². The maximum absolute atomic E-state index is 11.2. The summed E-state index contributed by atoms with van der Waals surface area (Å²) in [7, 11) is 1.60. The third kappa shape index (κ3) is 4.78. The molecule has 0 fully saturated rings. The monoisotopic (exact) mass is 254 g/mol. The van der Waals surface area contributed by atoms with Crippen molar-refractivity contribution < 1.29 is 9.53 Å². The third-order valence-corrected chi connectivity index (χ3v) is 2.19. The summed E-state index contributed by atoms with van der Waals surface area (Å²) in [4.78, 5) is 11.2. The van der Waals surface area contributed by atoms with E-state index >= 15 is 0 Å². The van der Waals surface area contributed by atoms with Gasteiger partial charge in [-0.1, -0.05) is 18.2 Å². The number of para-hydroxylation sites is 1. The fourth-order valence-corrected chi connectivity index (χ4v) is 1.32. The second-order valence-corrected chi connectivity index (χ2v) is 3.54. The lowest BCUT2D eigenvalue weighted by atomic mass is 10.2. The van der Waals surface area contributed by atoms with E-state index in [1.54, 1.807) is 19.4 Å². The van der Waals surface area contributed by atoms with Crippen molar-refractivity contribution in [2.24, 2.45) is 0 Å². The average Bonchev–Trinajstić information content (AvgIpc) is 2.37. The molecular weight excluding hydrogens is 240 g/mol. The maximum Gasteiger partial charge on any atom is 0.318 e. The molecule has 4 nitrogen and oxygen atoms in total. The summed E-state index contributed by atoms with van der Waals surface area (Å²) < 4.78 is 5.17. The van der Waals surface area contributed by atoms with Gasteiger partial charge in [0, 0.05) is 24.2 Å². The molecule has 5 heteroatoms. The van der Waals surface area contributed by atoms with Gasteiger partial charge < -0.3 is 15.4 Å². The van der Waals surface area contributed by atoms with E-state index in [0.717, 1.165) is 11.3 Å². The van der Waals surface area contributed by atoms with Crippen LogP contribution in [-0.4, -0.2) is 25.6 Å². The van der Waals surface area contributed by atoms with Crippen LogP contribution in [0.4, 0.5) is 4.79 Å². The molecule has 0 atom stereocenters. The normalized spacial score (nSPS) is 10.2. The molecule has 0 heterocycles. The Morgan fingerprint density at radius 1 is 1.47 bits per heavy atom. The molecule has 0 aromatic heterocycles. The molecule has 0 spiro atoms. The fourth-order valence-electron chi connectivity index (χ4n) is 1.22. The van der Waals surface area contributed by atoms with Crippen molar-refractivity contribution in [1.82, 2.24) is 10.6 Å². The lowest BCUT2D eigenvalue weighted by Gasteiger charge is -2.04. The first kappa shape index (κ1) is 13.4. The molecule has 0 radical (unpaired) electrons. The Balaban J connectivity index is 2.50. The number of hydrogen-bond acceptors (Lipinski definition) is 2. The summed E-state index contributed by atoms with van der Waals surface area (Å²) in [6.45, 7) is 0.440. The van der Waals surface area contributed by atoms with Gasteiger partial charge in [-0.3, -0.25) is 0 Å². The number of hydrogen-bond donors (Lipinski definition) is 2. The van der Waals surface area contributed by atoms with Gasteiger partial charge in [-0.05, 0) is 12.1 Å². The van der Waals surface area contributed by atoms with Crippen molar-refractivity contribution in [1.29, 1.82) is 0 Å². The number of benzene rings is 1. The van der Waals surface area contributed by atoms with E-state index in [0.29, 0.717) is 12.4 Å². The van der Waals surface area contributed by atoms with Gasteiger partial charge in [0.05, 0.1) is 7.11 Å². The molecule has 1 aromatic carbocycles. The zero-order valence-electron chi connectivity index (χ0n) is 9.57. The lowest BCUT2D eigenvalue weighted by molar-refractivity contribution is 0.245. The summed E-state index contributed by atoms with van der Waals surface area (Å²) in [5, 5.41) is 5.16. The summed E-state index contributed by atoms with van der Waals surface area (Å²) in [5.74, 6) is 1.15. The van der Waals surface area contributed by atoms with Gasteiger partial charge in [0.25, 0.3) is 0 Å². The summed E-state index contributed by atoms with van der Waals surface area (Å²) in [6.07, 6.45) is 3.32. The largest absolute Gasteiger partial charge is 0.496 e. The Bertz CT molecular complexity index is 394. The molecule has 0 saturated carbocycles. The van der Waals surface area contributed by atoms with Gasteiger partial charge in [0.2, 0.25) is 0 Å². The number of nitrogens with one attached hydrogen (secondary N) is 2. The molecule has 2 amide bonds. The number of ether oxygens (including phenoxy) is 1. The molecule has 1 aromatic rings. The quantitative estimate of drug-likeness (QED) is 0.792. The van der Waals surface area contributed by atoms with E-state index in [2.05, 4.69) is 10.6 Å². The molecule has 0 saturated heterocycles. The number of halogens is 1. The summed E-state index contributed by atoms with van der Waals surface area (Å²) in [5.41, 5.74) is 0.896. The predicted molar refractivity (Wildman–Crippen MR) is 69.3 cm³/mol. The minimum atomic E-state index is -0.281. The number of alkyl halides is 1. The van der Waals surface area contributed by atoms with E-state index < -0.39 is 0 Å². The Labute approximate surface area is 106 Å². The van der Waals surface area contributed by atoms with Gasteiger partial charge in [0.15, 0.2) is 0 Å². The summed E-state index contributed by atoms with van der Waals surface area (Å²) in [6, 6.07) is 7.25. The van der Waals surface area contributed by atoms with E-state index in [4.69, 9.17) is 16.3 Å². The number of rotatable bonds is 5. The molecule has 0 aliphatic carbocycles. The van der Waals surface area contributed by atoms with E-state index in [1.165, 1.54) is 0 Å². The van der Waals surface area contributed by atoms with Gasteiger partial charge in [0.1, 0.15) is 5.75 Å². The van der Waals surface area contributed by atoms with Crippen molar-refractivity contribution >= 4 is 23.7 Å². The molecule has 0 unspecified atom stereocenters. The van der Waals surface area contributed by atoms with E-state index in [-0.39, 0.29) is 6.03 Å². The molecule has 92 valence electrons. The van der Waals surface area contributed by atoms with Gasteiger partial charge in [-0.25, -0.2) is 4.79 Å². The third-order valence-electron chi connectivity index (χ3n) is 2.00. The SMILES string of the molecule is COc1ccccc1/C=C/NC(=O)NCCCl. The van der Waals surface area contributed by atoms with Crippen LogP contribution in [0.15, 0.2) is 30.5 Å². The molecular formula is C12H15ClN2O2. The Kier molecular flexibility index (Phi) is 5.96. The van der Waals surface area contributed by atoms with E-state index in [9.17, 15) is 4.79 Å². The molecule has 0 aliphatic rings. The fraction of sp³-hybridized carbons (Fsp3) is 0.250. The van der Waals surface area contributed by atoms with Crippen LogP contribution in [0.5, 0.6) is 5.75 Å². The minimum absolute atomic E-state index is 0.281. The zero-order chi connectivity index (χ0) is 12.5. The maximum atomic E-state index is 11.2. The molecule has 17 heavy (non-hydrogen) atoms.